The van der Waals surface area contributed by atoms with E-state index in [1.165, 1.54) is 17.3 Å². The fourth-order valence-corrected chi connectivity index (χ4v) is 4.85. The van der Waals surface area contributed by atoms with E-state index in [0.29, 0.717) is 12.3 Å². The number of piperazine rings is 1. The van der Waals surface area contributed by atoms with E-state index in [1.807, 2.05) is 18.2 Å². The van der Waals surface area contributed by atoms with E-state index in [0.717, 1.165) is 68.2 Å². The first-order valence-corrected chi connectivity index (χ1v) is 12.8. The molecule has 10 heteroatoms. The molecule has 3 heterocycles. The predicted molar refractivity (Wildman–Crippen MR) is 135 cm³/mol. The highest BCUT2D eigenvalue weighted by Gasteiger charge is 2.18. The highest BCUT2D eigenvalue weighted by Crippen LogP contribution is 2.24. The molecule has 0 bridgehead atoms. The first-order valence-electron chi connectivity index (χ1n) is 11.8. The van der Waals surface area contributed by atoms with Crippen molar-refractivity contribution in [1.29, 1.82) is 0 Å². The first kappa shape index (κ1) is 24.2. The molecule has 1 fully saturated rings. The van der Waals surface area contributed by atoms with Crippen LogP contribution in [0.3, 0.4) is 0 Å². The van der Waals surface area contributed by atoms with Crippen LogP contribution in [0.5, 0.6) is 0 Å². The third-order valence-electron chi connectivity index (χ3n) is 5.82. The van der Waals surface area contributed by atoms with E-state index in [2.05, 4.69) is 65.8 Å². The van der Waals surface area contributed by atoms with Gasteiger partial charge in [-0.15, -0.1) is 10.2 Å². The summed E-state index contributed by atoms with van der Waals surface area (Å²) in [6.07, 6.45) is 4.50. The summed E-state index contributed by atoms with van der Waals surface area (Å²) in [7, 11) is 0. The third-order valence-corrected chi connectivity index (χ3v) is 6.79. The third kappa shape index (κ3) is 6.32. The molecule has 1 aromatic carbocycles. The second kappa shape index (κ2) is 11.9. The molecule has 0 aliphatic carbocycles. The fourth-order valence-electron chi connectivity index (χ4n) is 4.02. The van der Waals surface area contributed by atoms with E-state index in [4.69, 9.17) is 0 Å². The lowest BCUT2D eigenvalue weighted by Gasteiger charge is -2.34. The van der Waals surface area contributed by atoms with Gasteiger partial charge in [-0.05, 0) is 38.9 Å². The van der Waals surface area contributed by atoms with Crippen LogP contribution in [0.4, 0.5) is 5.95 Å². The summed E-state index contributed by atoms with van der Waals surface area (Å²) < 4.78 is 2.06. The monoisotopic (exact) mass is 480 g/mol. The molecule has 0 unspecified atom stereocenters. The zero-order chi connectivity index (χ0) is 23.8. The van der Waals surface area contributed by atoms with Crippen LogP contribution in [0.1, 0.15) is 18.9 Å². The number of hydrogen-bond donors (Lipinski definition) is 1. The molecule has 2 aromatic heterocycles. The van der Waals surface area contributed by atoms with Crippen molar-refractivity contribution in [2.24, 2.45) is 0 Å². The van der Waals surface area contributed by atoms with Gasteiger partial charge in [0.2, 0.25) is 11.9 Å². The van der Waals surface area contributed by atoms with Crippen LogP contribution in [0, 0.1) is 6.92 Å². The smallest absolute Gasteiger partial charge is 0.230 e. The maximum Gasteiger partial charge on any atom is 0.230 e. The molecule has 0 spiro atoms. The number of benzene rings is 1. The quantitative estimate of drug-likeness (QED) is 0.350. The average molecular weight is 481 g/mol. The van der Waals surface area contributed by atoms with Gasteiger partial charge in [-0.25, -0.2) is 9.97 Å². The summed E-state index contributed by atoms with van der Waals surface area (Å²) in [6, 6.07) is 10.1. The van der Waals surface area contributed by atoms with Crippen molar-refractivity contribution >= 4 is 23.6 Å². The lowest BCUT2D eigenvalue weighted by molar-refractivity contribution is -0.118. The lowest BCUT2D eigenvalue weighted by atomic mass is 10.1. The lowest BCUT2D eigenvalue weighted by Crippen LogP contribution is -2.47. The van der Waals surface area contributed by atoms with Crippen LogP contribution < -0.4 is 10.2 Å². The number of rotatable bonds is 10. The van der Waals surface area contributed by atoms with Crippen LogP contribution in [0.2, 0.25) is 0 Å². The summed E-state index contributed by atoms with van der Waals surface area (Å²) in [6.45, 7) is 10.4. The second-order valence-electron chi connectivity index (χ2n) is 8.29. The molecule has 1 saturated heterocycles. The Morgan fingerprint density at radius 3 is 2.62 bits per heavy atom. The minimum atomic E-state index is 0.0267. The summed E-state index contributed by atoms with van der Waals surface area (Å²) >= 11 is 1.43. The van der Waals surface area contributed by atoms with Crippen molar-refractivity contribution in [2.45, 2.75) is 32.0 Å². The van der Waals surface area contributed by atoms with Gasteiger partial charge in [0.1, 0.15) is 0 Å². The summed E-state index contributed by atoms with van der Waals surface area (Å²) in [5.74, 6) is 2.01. The molecule has 1 amide bonds. The molecule has 0 saturated carbocycles. The number of aromatic nitrogens is 5. The number of aryl methyl sites for hydroxylation is 1. The van der Waals surface area contributed by atoms with Crippen molar-refractivity contribution in [3.05, 3.63) is 48.3 Å². The summed E-state index contributed by atoms with van der Waals surface area (Å²) in [5.41, 5.74) is 2.23. The van der Waals surface area contributed by atoms with E-state index in [9.17, 15) is 4.79 Å². The Hall–Kier alpha value is -2.98. The molecule has 1 N–H and O–H groups in total. The van der Waals surface area contributed by atoms with Crippen LogP contribution >= 0.6 is 11.8 Å². The fraction of sp³-hybridized carbons (Fsp3) is 0.458. The molecule has 4 rings (SSSR count). The van der Waals surface area contributed by atoms with Crippen molar-refractivity contribution < 1.29 is 4.79 Å². The summed E-state index contributed by atoms with van der Waals surface area (Å²) in [4.78, 5) is 25.7. The standard InChI is InChI=1S/C24H32N8OS/c1-3-32-22(20-8-4-7-19(2)17-20)28-29-24(32)34-18-21(33)25-11-6-12-30-13-15-31(16-14-30)23-26-9-5-10-27-23/h4-5,7-10,17H,3,6,11-16,18H2,1-2H3,(H,25,33). The van der Waals surface area contributed by atoms with E-state index in [1.54, 1.807) is 12.4 Å². The second-order valence-corrected chi connectivity index (χ2v) is 9.23. The largest absolute Gasteiger partial charge is 0.355 e. The van der Waals surface area contributed by atoms with Gasteiger partial charge in [0.05, 0.1) is 5.75 Å². The maximum absolute atomic E-state index is 12.4. The molecule has 34 heavy (non-hydrogen) atoms. The molecule has 0 radical (unpaired) electrons. The Kier molecular flexibility index (Phi) is 8.48. The van der Waals surface area contributed by atoms with Crippen molar-refractivity contribution in [2.75, 3.05) is 49.9 Å². The highest BCUT2D eigenvalue weighted by molar-refractivity contribution is 7.99. The normalized spacial score (nSPS) is 14.4. The first-order chi connectivity index (χ1) is 16.6. The van der Waals surface area contributed by atoms with Gasteiger partial charge in [0, 0.05) is 57.2 Å². The topological polar surface area (TPSA) is 92.1 Å². The average Bonchev–Trinajstić information content (AvgIpc) is 3.29. The molecule has 9 nitrogen and oxygen atoms in total. The van der Waals surface area contributed by atoms with Gasteiger partial charge >= 0.3 is 0 Å². The van der Waals surface area contributed by atoms with Crippen LogP contribution in [0.25, 0.3) is 11.4 Å². The number of hydrogen-bond acceptors (Lipinski definition) is 8. The number of nitrogens with zero attached hydrogens (tertiary/aromatic N) is 7. The molecule has 1 aliphatic heterocycles. The number of thioether (sulfide) groups is 1. The van der Waals surface area contributed by atoms with Gasteiger partial charge in [-0.1, -0.05) is 35.5 Å². The Balaban J connectivity index is 1.16. The maximum atomic E-state index is 12.4. The Morgan fingerprint density at radius 1 is 1.09 bits per heavy atom. The van der Waals surface area contributed by atoms with Gasteiger partial charge in [0.15, 0.2) is 11.0 Å². The van der Waals surface area contributed by atoms with Gasteiger partial charge in [-0.3, -0.25) is 9.69 Å². The van der Waals surface area contributed by atoms with Gasteiger partial charge < -0.3 is 14.8 Å². The number of carbonyl (C=O) groups is 1. The molecule has 180 valence electrons. The molecule has 0 atom stereocenters. The zero-order valence-corrected chi connectivity index (χ0v) is 20.7. The SMILES string of the molecule is CCn1c(SCC(=O)NCCCN2CCN(c3ncccn3)CC2)nnc1-c1cccc(C)c1. The molecular weight excluding hydrogens is 448 g/mol. The minimum absolute atomic E-state index is 0.0267. The van der Waals surface area contributed by atoms with Crippen LogP contribution in [-0.2, 0) is 11.3 Å². The number of nitrogens with one attached hydrogen (secondary N) is 1. The Labute approximate surface area is 205 Å². The molecular formula is C24H32N8OS. The van der Waals surface area contributed by atoms with Crippen molar-refractivity contribution in [3.8, 4) is 11.4 Å². The van der Waals surface area contributed by atoms with E-state index in [-0.39, 0.29) is 5.91 Å². The number of carbonyl (C=O) groups excluding carboxylic acids is 1. The minimum Gasteiger partial charge on any atom is -0.355 e. The Morgan fingerprint density at radius 2 is 1.88 bits per heavy atom. The summed E-state index contributed by atoms with van der Waals surface area (Å²) in [5, 5.41) is 12.5. The van der Waals surface area contributed by atoms with Crippen molar-refractivity contribution in [1.82, 2.24) is 34.9 Å². The predicted octanol–water partition coefficient (Wildman–Crippen LogP) is 2.48. The van der Waals surface area contributed by atoms with Crippen LogP contribution in [0.15, 0.2) is 47.9 Å². The number of amides is 1. The van der Waals surface area contributed by atoms with Crippen LogP contribution in [-0.4, -0.2) is 80.6 Å². The van der Waals surface area contributed by atoms with E-state index < -0.39 is 0 Å². The Bertz CT molecular complexity index is 1070. The van der Waals surface area contributed by atoms with E-state index >= 15 is 0 Å². The number of anilines is 1. The van der Waals surface area contributed by atoms with Crippen molar-refractivity contribution in [3.63, 3.8) is 0 Å². The molecule has 1 aliphatic rings. The zero-order valence-electron chi connectivity index (χ0n) is 19.9. The highest BCUT2D eigenvalue weighted by atomic mass is 32.2. The van der Waals surface area contributed by atoms with Gasteiger partial charge in [-0.2, -0.15) is 0 Å². The molecule has 3 aromatic rings. The van der Waals surface area contributed by atoms with Gasteiger partial charge in [0.25, 0.3) is 0 Å².